The first-order chi connectivity index (χ1) is 13.5. The molecule has 1 aliphatic rings. The van der Waals surface area contributed by atoms with E-state index >= 15 is 0 Å². The van der Waals surface area contributed by atoms with Crippen LogP contribution in [0.5, 0.6) is 5.75 Å². The molecule has 3 aromatic rings. The first-order valence-corrected chi connectivity index (χ1v) is 9.45. The maximum absolute atomic E-state index is 12.9. The molecule has 3 aromatic carbocycles. The molecule has 1 aliphatic heterocycles. The predicted octanol–water partition coefficient (Wildman–Crippen LogP) is 5.57. The zero-order chi connectivity index (χ0) is 19.6. The van der Waals surface area contributed by atoms with Crippen molar-refractivity contribution in [3.05, 3.63) is 90.5 Å². The number of para-hydroxylation sites is 2. The van der Waals surface area contributed by atoms with Crippen LogP contribution in [0.25, 0.3) is 17.2 Å². The fourth-order valence-electron chi connectivity index (χ4n) is 3.43. The molecule has 0 atom stereocenters. The van der Waals surface area contributed by atoms with Crippen LogP contribution in [0.3, 0.4) is 0 Å². The Kier molecular flexibility index (Phi) is 4.74. The average molecular weight is 369 g/mol. The molecule has 1 amide bonds. The SMILES string of the molecule is CC1(C)CN(C(=O)/C=C/c2ccc(-c3ccccc3)cc2)c2ccccc2O1. The van der Waals surface area contributed by atoms with E-state index in [-0.39, 0.29) is 5.91 Å². The summed E-state index contributed by atoms with van der Waals surface area (Å²) in [5.74, 6) is 0.698. The van der Waals surface area contributed by atoms with Crippen molar-refractivity contribution in [2.75, 3.05) is 11.4 Å². The van der Waals surface area contributed by atoms with Gasteiger partial charge < -0.3 is 9.64 Å². The van der Waals surface area contributed by atoms with Gasteiger partial charge in [0.2, 0.25) is 0 Å². The third-order valence-electron chi connectivity index (χ3n) is 4.78. The van der Waals surface area contributed by atoms with Crippen molar-refractivity contribution in [3.8, 4) is 16.9 Å². The fraction of sp³-hybridized carbons (Fsp3) is 0.160. The Labute approximate surface area is 165 Å². The lowest BCUT2D eigenvalue weighted by molar-refractivity contribution is -0.115. The average Bonchev–Trinajstić information content (AvgIpc) is 2.72. The van der Waals surface area contributed by atoms with Crippen molar-refractivity contribution in [3.63, 3.8) is 0 Å². The molecular weight excluding hydrogens is 346 g/mol. The number of fused-ring (bicyclic) bond motifs is 1. The van der Waals surface area contributed by atoms with E-state index in [1.165, 1.54) is 5.56 Å². The predicted molar refractivity (Wildman–Crippen MR) is 114 cm³/mol. The Bertz CT molecular complexity index is 1000. The minimum Gasteiger partial charge on any atom is -0.484 e. The highest BCUT2D eigenvalue weighted by molar-refractivity contribution is 6.05. The van der Waals surface area contributed by atoms with E-state index in [1.807, 2.05) is 74.5 Å². The molecule has 1 heterocycles. The second kappa shape index (κ2) is 7.35. The molecule has 0 aromatic heterocycles. The molecular formula is C25H23NO2. The second-order valence-corrected chi connectivity index (χ2v) is 7.58. The number of benzene rings is 3. The van der Waals surface area contributed by atoms with Gasteiger partial charge in [-0.1, -0.05) is 66.7 Å². The largest absolute Gasteiger partial charge is 0.484 e. The molecule has 0 aliphatic carbocycles. The summed E-state index contributed by atoms with van der Waals surface area (Å²) in [6.07, 6.45) is 3.50. The first kappa shape index (κ1) is 18.1. The maximum Gasteiger partial charge on any atom is 0.251 e. The van der Waals surface area contributed by atoms with Gasteiger partial charge in [0.1, 0.15) is 11.4 Å². The standard InChI is InChI=1S/C25H23NO2/c1-25(2)18-26(22-10-6-7-11-23(22)28-25)24(27)17-14-19-12-15-21(16-13-19)20-8-4-3-5-9-20/h3-17H,18H2,1-2H3/b17-14+. The maximum atomic E-state index is 12.9. The van der Waals surface area contributed by atoms with Gasteiger partial charge in [-0.05, 0) is 48.7 Å². The number of ether oxygens (including phenoxy) is 1. The van der Waals surface area contributed by atoms with Gasteiger partial charge in [-0.2, -0.15) is 0 Å². The van der Waals surface area contributed by atoms with Gasteiger partial charge in [0.15, 0.2) is 0 Å². The van der Waals surface area contributed by atoms with Crippen molar-refractivity contribution >= 4 is 17.7 Å². The Morgan fingerprint density at radius 3 is 2.29 bits per heavy atom. The van der Waals surface area contributed by atoms with Crippen LogP contribution in [-0.4, -0.2) is 18.1 Å². The molecule has 140 valence electrons. The van der Waals surface area contributed by atoms with Crippen LogP contribution in [-0.2, 0) is 4.79 Å². The third-order valence-corrected chi connectivity index (χ3v) is 4.78. The minimum absolute atomic E-state index is 0.0454. The van der Waals surface area contributed by atoms with Crippen molar-refractivity contribution < 1.29 is 9.53 Å². The summed E-state index contributed by atoms with van der Waals surface area (Å²) in [6, 6.07) is 26.1. The van der Waals surface area contributed by atoms with Crippen molar-refractivity contribution in [1.82, 2.24) is 0 Å². The van der Waals surface area contributed by atoms with E-state index in [9.17, 15) is 4.79 Å². The molecule has 0 N–H and O–H groups in total. The van der Waals surface area contributed by atoms with Crippen LogP contribution in [0.1, 0.15) is 19.4 Å². The van der Waals surface area contributed by atoms with E-state index in [0.29, 0.717) is 6.54 Å². The summed E-state index contributed by atoms with van der Waals surface area (Å²) < 4.78 is 6.00. The molecule has 0 radical (unpaired) electrons. The second-order valence-electron chi connectivity index (χ2n) is 7.58. The van der Waals surface area contributed by atoms with Crippen LogP contribution in [0, 0.1) is 0 Å². The first-order valence-electron chi connectivity index (χ1n) is 9.45. The molecule has 0 bridgehead atoms. The molecule has 4 rings (SSSR count). The molecule has 0 unspecified atom stereocenters. The minimum atomic E-state index is -0.421. The van der Waals surface area contributed by atoms with Gasteiger partial charge in [-0.15, -0.1) is 0 Å². The Morgan fingerprint density at radius 2 is 1.54 bits per heavy atom. The quantitative estimate of drug-likeness (QED) is 0.565. The van der Waals surface area contributed by atoms with E-state index < -0.39 is 5.60 Å². The molecule has 28 heavy (non-hydrogen) atoms. The third kappa shape index (κ3) is 3.84. The molecule has 0 saturated heterocycles. The Morgan fingerprint density at radius 1 is 0.893 bits per heavy atom. The Hall–Kier alpha value is -3.33. The summed E-state index contributed by atoms with van der Waals surface area (Å²) in [6.45, 7) is 4.50. The van der Waals surface area contributed by atoms with Crippen molar-refractivity contribution in [2.45, 2.75) is 19.4 Å². The number of nitrogens with zero attached hydrogens (tertiary/aromatic N) is 1. The highest BCUT2D eigenvalue weighted by atomic mass is 16.5. The molecule has 3 nitrogen and oxygen atoms in total. The van der Waals surface area contributed by atoms with E-state index in [0.717, 1.165) is 22.6 Å². The number of amides is 1. The van der Waals surface area contributed by atoms with E-state index in [1.54, 1.807) is 11.0 Å². The molecule has 0 fully saturated rings. The summed E-state index contributed by atoms with van der Waals surface area (Å²) in [5.41, 5.74) is 3.73. The lowest BCUT2D eigenvalue weighted by Gasteiger charge is -2.39. The summed E-state index contributed by atoms with van der Waals surface area (Å²) >= 11 is 0. The zero-order valence-electron chi connectivity index (χ0n) is 16.1. The van der Waals surface area contributed by atoms with Gasteiger partial charge in [-0.3, -0.25) is 4.79 Å². The van der Waals surface area contributed by atoms with Crippen molar-refractivity contribution in [1.29, 1.82) is 0 Å². The zero-order valence-corrected chi connectivity index (χ0v) is 16.1. The molecule has 3 heteroatoms. The van der Waals surface area contributed by atoms with Crippen LogP contribution in [0.4, 0.5) is 5.69 Å². The topological polar surface area (TPSA) is 29.5 Å². The van der Waals surface area contributed by atoms with Gasteiger partial charge in [0.25, 0.3) is 5.91 Å². The van der Waals surface area contributed by atoms with Gasteiger partial charge in [0, 0.05) is 6.08 Å². The number of hydrogen-bond acceptors (Lipinski definition) is 2. The number of hydrogen-bond donors (Lipinski definition) is 0. The lowest BCUT2D eigenvalue weighted by atomic mass is 10.0. The van der Waals surface area contributed by atoms with Crippen LogP contribution in [0.2, 0.25) is 0 Å². The highest BCUT2D eigenvalue weighted by Crippen LogP contribution is 2.36. The Balaban J connectivity index is 1.53. The lowest BCUT2D eigenvalue weighted by Crippen LogP contribution is -2.48. The molecule has 0 saturated carbocycles. The highest BCUT2D eigenvalue weighted by Gasteiger charge is 2.33. The monoisotopic (exact) mass is 369 g/mol. The smallest absolute Gasteiger partial charge is 0.251 e. The van der Waals surface area contributed by atoms with E-state index in [4.69, 9.17) is 4.74 Å². The van der Waals surface area contributed by atoms with Gasteiger partial charge >= 0.3 is 0 Å². The van der Waals surface area contributed by atoms with Gasteiger partial charge in [0.05, 0.1) is 12.2 Å². The van der Waals surface area contributed by atoms with Crippen molar-refractivity contribution in [2.24, 2.45) is 0 Å². The van der Waals surface area contributed by atoms with Crippen LogP contribution in [0.15, 0.2) is 84.9 Å². The van der Waals surface area contributed by atoms with Crippen LogP contribution >= 0.6 is 0 Å². The van der Waals surface area contributed by atoms with Crippen LogP contribution < -0.4 is 9.64 Å². The normalized spacial score (nSPS) is 15.1. The fourth-order valence-corrected chi connectivity index (χ4v) is 3.43. The number of anilines is 1. The number of carbonyl (C=O) groups excluding carboxylic acids is 1. The summed E-state index contributed by atoms with van der Waals surface area (Å²) in [7, 11) is 0. The number of carbonyl (C=O) groups is 1. The number of rotatable bonds is 3. The summed E-state index contributed by atoms with van der Waals surface area (Å²) in [4.78, 5) is 14.7. The van der Waals surface area contributed by atoms with Gasteiger partial charge in [-0.25, -0.2) is 0 Å². The van der Waals surface area contributed by atoms with E-state index in [2.05, 4.69) is 24.3 Å². The molecule has 0 spiro atoms. The summed E-state index contributed by atoms with van der Waals surface area (Å²) in [5, 5.41) is 0.